The molecule has 0 saturated heterocycles. The lowest BCUT2D eigenvalue weighted by Gasteiger charge is -2.08. The number of thiazole rings is 1. The molecule has 9 heteroatoms. The molecule has 0 unspecified atom stereocenters. The summed E-state index contributed by atoms with van der Waals surface area (Å²) in [4.78, 5) is 17.2. The number of para-hydroxylation sites is 1. The normalized spacial score (nSPS) is 10.9. The standard InChI is InChI=1S/C19H15ClFN5OS/c20-15-6-1-2-7-16(15)23-18(27)22-9-8-14-11-28-19-24-17(25-26(14)19)12-4-3-5-13(21)10-12/h1-7,10-11H,8-9H2,(H2,22,23,27). The topological polar surface area (TPSA) is 71.3 Å². The Labute approximate surface area is 169 Å². The van der Waals surface area contributed by atoms with Crippen molar-refractivity contribution in [2.24, 2.45) is 0 Å². The predicted molar refractivity (Wildman–Crippen MR) is 108 cm³/mol. The monoisotopic (exact) mass is 415 g/mol. The van der Waals surface area contributed by atoms with Gasteiger partial charge < -0.3 is 10.6 Å². The molecular weight excluding hydrogens is 401 g/mol. The second-order valence-electron chi connectivity index (χ2n) is 5.98. The van der Waals surface area contributed by atoms with E-state index in [1.54, 1.807) is 40.9 Å². The van der Waals surface area contributed by atoms with Crippen LogP contribution in [0.15, 0.2) is 53.9 Å². The molecule has 0 bridgehead atoms. The van der Waals surface area contributed by atoms with Gasteiger partial charge in [0.05, 0.1) is 16.4 Å². The second-order valence-corrected chi connectivity index (χ2v) is 7.22. The number of hydrogen-bond donors (Lipinski definition) is 2. The van der Waals surface area contributed by atoms with Gasteiger partial charge in [-0.2, -0.15) is 4.98 Å². The molecule has 2 aromatic heterocycles. The highest BCUT2D eigenvalue weighted by Gasteiger charge is 2.12. The van der Waals surface area contributed by atoms with Gasteiger partial charge in [-0.3, -0.25) is 0 Å². The van der Waals surface area contributed by atoms with Crippen LogP contribution in [0.5, 0.6) is 0 Å². The zero-order chi connectivity index (χ0) is 19.5. The van der Waals surface area contributed by atoms with Crippen LogP contribution in [0, 0.1) is 5.82 Å². The number of hydrogen-bond acceptors (Lipinski definition) is 4. The summed E-state index contributed by atoms with van der Waals surface area (Å²) in [5, 5.41) is 12.4. The molecule has 2 amide bonds. The summed E-state index contributed by atoms with van der Waals surface area (Å²) in [7, 11) is 0. The van der Waals surface area contributed by atoms with Gasteiger partial charge in [0.25, 0.3) is 0 Å². The summed E-state index contributed by atoms with van der Waals surface area (Å²) in [6, 6.07) is 12.9. The minimum Gasteiger partial charge on any atom is -0.337 e. The van der Waals surface area contributed by atoms with E-state index in [2.05, 4.69) is 20.7 Å². The molecule has 28 heavy (non-hydrogen) atoms. The Kier molecular flexibility index (Phi) is 5.23. The minimum absolute atomic E-state index is 0.329. The van der Waals surface area contributed by atoms with Crippen LogP contribution in [0.2, 0.25) is 5.02 Å². The first kappa shape index (κ1) is 18.4. The lowest BCUT2D eigenvalue weighted by Crippen LogP contribution is -2.30. The van der Waals surface area contributed by atoms with Crippen LogP contribution in [0.1, 0.15) is 5.69 Å². The third-order valence-corrected chi connectivity index (χ3v) is 5.22. The number of nitrogens with one attached hydrogen (secondary N) is 2. The van der Waals surface area contributed by atoms with Crippen LogP contribution in [-0.4, -0.2) is 27.2 Å². The number of halogens is 2. The summed E-state index contributed by atoms with van der Waals surface area (Å²) in [5.41, 5.74) is 2.09. The Morgan fingerprint density at radius 1 is 1.21 bits per heavy atom. The summed E-state index contributed by atoms with van der Waals surface area (Å²) in [6.07, 6.45) is 0.571. The van der Waals surface area contributed by atoms with E-state index < -0.39 is 0 Å². The molecule has 2 N–H and O–H groups in total. The first-order chi connectivity index (χ1) is 13.6. The zero-order valence-electron chi connectivity index (χ0n) is 14.5. The smallest absolute Gasteiger partial charge is 0.319 e. The number of carbonyl (C=O) groups is 1. The van der Waals surface area contributed by atoms with Crippen LogP contribution >= 0.6 is 22.9 Å². The number of aromatic nitrogens is 3. The van der Waals surface area contributed by atoms with Crippen LogP contribution in [0.4, 0.5) is 14.9 Å². The first-order valence-electron chi connectivity index (χ1n) is 8.48. The Morgan fingerprint density at radius 2 is 2.07 bits per heavy atom. The number of carbonyl (C=O) groups excluding carboxylic acids is 1. The highest BCUT2D eigenvalue weighted by Crippen LogP contribution is 2.22. The molecule has 0 aliphatic rings. The largest absolute Gasteiger partial charge is 0.337 e. The fourth-order valence-electron chi connectivity index (χ4n) is 2.68. The van der Waals surface area contributed by atoms with E-state index in [-0.39, 0.29) is 11.8 Å². The number of amides is 2. The number of anilines is 1. The van der Waals surface area contributed by atoms with Crippen molar-refractivity contribution in [2.45, 2.75) is 6.42 Å². The third-order valence-electron chi connectivity index (χ3n) is 4.02. The molecule has 142 valence electrons. The molecule has 0 aliphatic carbocycles. The summed E-state index contributed by atoms with van der Waals surface area (Å²) >= 11 is 7.48. The minimum atomic E-state index is -0.335. The first-order valence-corrected chi connectivity index (χ1v) is 9.74. The van der Waals surface area contributed by atoms with Gasteiger partial charge in [0.15, 0.2) is 5.82 Å². The highest BCUT2D eigenvalue weighted by molar-refractivity contribution is 7.15. The van der Waals surface area contributed by atoms with E-state index in [1.807, 2.05) is 5.38 Å². The van der Waals surface area contributed by atoms with E-state index in [0.29, 0.717) is 35.1 Å². The van der Waals surface area contributed by atoms with Crippen LogP contribution < -0.4 is 10.6 Å². The molecule has 6 nitrogen and oxygen atoms in total. The fraction of sp³-hybridized carbons (Fsp3) is 0.105. The van der Waals surface area contributed by atoms with E-state index in [1.165, 1.54) is 23.5 Å². The Bertz CT molecular complexity index is 1140. The SMILES string of the molecule is O=C(NCCc1csc2nc(-c3cccc(F)c3)nn12)Nc1ccccc1Cl. The van der Waals surface area contributed by atoms with Crippen molar-refractivity contribution in [2.75, 3.05) is 11.9 Å². The highest BCUT2D eigenvalue weighted by atomic mass is 35.5. The maximum Gasteiger partial charge on any atom is 0.319 e. The van der Waals surface area contributed by atoms with Crippen molar-refractivity contribution < 1.29 is 9.18 Å². The third kappa shape index (κ3) is 3.97. The molecule has 2 heterocycles. The Morgan fingerprint density at radius 3 is 2.89 bits per heavy atom. The van der Waals surface area contributed by atoms with Gasteiger partial charge in [-0.25, -0.2) is 13.7 Å². The van der Waals surface area contributed by atoms with Crippen molar-refractivity contribution in [3.63, 3.8) is 0 Å². The van der Waals surface area contributed by atoms with E-state index >= 15 is 0 Å². The Hall–Kier alpha value is -2.97. The van der Waals surface area contributed by atoms with Gasteiger partial charge in [-0.05, 0) is 24.3 Å². The van der Waals surface area contributed by atoms with Gasteiger partial charge in [0, 0.05) is 23.9 Å². The average molecular weight is 416 g/mol. The van der Waals surface area contributed by atoms with Crippen molar-refractivity contribution in [1.82, 2.24) is 19.9 Å². The van der Waals surface area contributed by atoms with Gasteiger partial charge in [0.1, 0.15) is 5.82 Å². The van der Waals surface area contributed by atoms with Gasteiger partial charge >= 0.3 is 6.03 Å². The van der Waals surface area contributed by atoms with Crippen LogP contribution in [-0.2, 0) is 6.42 Å². The lowest BCUT2D eigenvalue weighted by atomic mass is 10.2. The second kappa shape index (κ2) is 7.95. The molecular formula is C19H15ClFN5OS. The molecule has 0 radical (unpaired) electrons. The summed E-state index contributed by atoms with van der Waals surface area (Å²) in [5.74, 6) is 0.140. The van der Waals surface area contributed by atoms with Crippen LogP contribution in [0.3, 0.4) is 0 Å². The van der Waals surface area contributed by atoms with E-state index in [0.717, 1.165) is 10.7 Å². The summed E-state index contributed by atoms with van der Waals surface area (Å²) < 4.78 is 15.1. The van der Waals surface area contributed by atoms with E-state index in [9.17, 15) is 9.18 Å². The Balaban J connectivity index is 1.40. The van der Waals surface area contributed by atoms with Gasteiger partial charge in [0.2, 0.25) is 4.96 Å². The average Bonchev–Trinajstić information content (AvgIpc) is 3.25. The number of rotatable bonds is 5. The maximum absolute atomic E-state index is 13.4. The van der Waals surface area contributed by atoms with Crippen LogP contribution in [0.25, 0.3) is 16.3 Å². The lowest BCUT2D eigenvalue weighted by molar-refractivity contribution is 0.252. The van der Waals surface area contributed by atoms with Crippen molar-refractivity contribution >= 4 is 39.6 Å². The van der Waals surface area contributed by atoms with Crippen molar-refractivity contribution in [1.29, 1.82) is 0 Å². The molecule has 0 saturated carbocycles. The fourth-order valence-corrected chi connectivity index (χ4v) is 3.72. The predicted octanol–water partition coefficient (Wildman–Crippen LogP) is 4.61. The van der Waals surface area contributed by atoms with Gasteiger partial charge in [-0.15, -0.1) is 16.4 Å². The molecule has 0 fully saturated rings. The molecule has 4 aromatic rings. The zero-order valence-corrected chi connectivity index (χ0v) is 16.1. The van der Waals surface area contributed by atoms with E-state index in [4.69, 9.17) is 11.6 Å². The number of nitrogens with zero attached hydrogens (tertiary/aromatic N) is 3. The number of fused-ring (bicyclic) bond motifs is 1. The molecule has 4 rings (SSSR count). The molecule has 0 atom stereocenters. The molecule has 2 aromatic carbocycles. The summed E-state index contributed by atoms with van der Waals surface area (Å²) in [6.45, 7) is 0.414. The number of urea groups is 1. The maximum atomic E-state index is 13.4. The van der Waals surface area contributed by atoms with Crippen molar-refractivity contribution in [3.05, 3.63) is 70.4 Å². The number of benzene rings is 2. The molecule has 0 spiro atoms. The quantitative estimate of drug-likeness (QED) is 0.499. The molecule has 0 aliphatic heterocycles. The van der Waals surface area contributed by atoms with Gasteiger partial charge in [-0.1, -0.05) is 35.9 Å². The van der Waals surface area contributed by atoms with Crippen molar-refractivity contribution in [3.8, 4) is 11.4 Å².